The smallest absolute Gasteiger partial charge is 0.300 e. The van der Waals surface area contributed by atoms with Gasteiger partial charge in [0.05, 0.1) is 0 Å². The molecule has 2 aromatic carbocycles. The summed E-state index contributed by atoms with van der Waals surface area (Å²) in [6.45, 7) is 8.74. The van der Waals surface area contributed by atoms with Crippen LogP contribution in [0.15, 0.2) is 73.1 Å². The van der Waals surface area contributed by atoms with E-state index in [1.165, 1.54) is 54.4 Å². The number of carboxylic acid groups (broad SMARTS) is 1. The second-order valence-electron chi connectivity index (χ2n) is 11.4. The Bertz CT molecular complexity index is 1360. The molecule has 0 saturated heterocycles. The minimum atomic E-state index is -0.833. The summed E-state index contributed by atoms with van der Waals surface area (Å²) in [5, 5.41) is 10.6. The summed E-state index contributed by atoms with van der Waals surface area (Å²) in [6.07, 6.45) is 11.4. The predicted octanol–water partition coefficient (Wildman–Crippen LogP) is 7.66. The second kappa shape index (κ2) is 14.6. The van der Waals surface area contributed by atoms with Crippen LogP contribution in [0.3, 0.4) is 0 Å². The Morgan fingerprint density at radius 1 is 0.950 bits per heavy atom. The van der Waals surface area contributed by atoms with Crippen molar-refractivity contribution in [2.45, 2.75) is 77.7 Å². The molecule has 0 aliphatic heterocycles. The molecule has 2 aromatic heterocycles. The van der Waals surface area contributed by atoms with Crippen LogP contribution in [0.4, 0.5) is 0 Å². The molecule has 4 aromatic rings. The van der Waals surface area contributed by atoms with Gasteiger partial charge in [-0.15, -0.1) is 0 Å². The van der Waals surface area contributed by atoms with Gasteiger partial charge in [-0.1, -0.05) is 88.6 Å². The Hall–Kier alpha value is -3.77. The molecule has 5 rings (SSSR count). The Morgan fingerprint density at radius 2 is 1.55 bits per heavy atom. The minimum absolute atomic E-state index is 0.262. The van der Waals surface area contributed by atoms with Crippen LogP contribution < -0.4 is 5.32 Å². The van der Waals surface area contributed by atoms with Crippen molar-refractivity contribution < 1.29 is 14.7 Å². The normalized spacial score (nSPS) is 13.5. The van der Waals surface area contributed by atoms with E-state index in [0.717, 1.165) is 36.9 Å². The highest BCUT2D eigenvalue weighted by atomic mass is 16.4. The number of benzene rings is 2. The van der Waals surface area contributed by atoms with Gasteiger partial charge in [0.25, 0.3) is 5.97 Å². The molecule has 1 fully saturated rings. The fraction of sp³-hybridized carbons (Fsp3) is 0.382. The molecule has 1 saturated carbocycles. The number of carboxylic acids is 1. The van der Waals surface area contributed by atoms with Gasteiger partial charge in [0, 0.05) is 25.9 Å². The number of hydrogen-bond acceptors (Lipinski definition) is 4. The summed E-state index contributed by atoms with van der Waals surface area (Å²) in [6, 6.07) is 21.8. The number of imidazole rings is 1. The third-order valence-electron chi connectivity index (χ3n) is 7.11. The van der Waals surface area contributed by atoms with E-state index >= 15 is 0 Å². The Labute approximate surface area is 238 Å². The molecule has 2 heterocycles. The van der Waals surface area contributed by atoms with E-state index in [4.69, 9.17) is 9.90 Å². The van der Waals surface area contributed by atoms with Crippen LogP contribution in [0.2, 0.25) is 0 Å². The Balaban J connectivity index is 0.000000220. The Kier molecular flexibility index (Phi) is 11.2. The van der Waals surface area contributed by atoms with Crippen molar-refractivity contribution in [3.63, 3.8) is 0 Å². The number of aliphatic carboxylic acids is 1. The fourth-order valence-electron chi connectivity index (χ4n) is 4.95. The quantitative estimate of drug-likeness (QED) is 0.254. The predicted molar refractivity (Wildman–Crippen MR) is 163 cm³/mol. The lowest BCUT2D eigenvalue weighted by atomic mass is 9.84. The summed E-state index contributed by atoms with van der Waals surface area (Å²) < 4.78 is 1.91. The van der Waals surface area contributed by atoms with Crippen molar-refractivity contribution in [3.05, 3.63) is 95.4 Å². The van der Waals surface area contributed by atoms with E-state index in [0.29, 0.717) is 5.69 Å². The lowest BCUT2D eigenvalue weighted by Crippen LogP contribution is -2.11. The van der Waals surface area contributed by atoms with Gasteiger partial charge in [0.1, 0.15) is 11.3 Å². The number of carbonyl (C=O) groups excluding carboxylic acids is 1. The SMILES string of the molecule is CC(=O)O.CNCc1ccc(C(C)(C)C)cc1.O=Cc1cn2cc(-c3ccc(C4CCCCC4)cc3)ccc2n1. The first kappa shape index (κ1) is 30.8. The van der Waals surface area contributed by atoms with Crippen molar-refractivity contribution in [1.82, 2.24) is 14.7 Å². The van der Waals surface area contributed by atoms with Crippen LogP contribution in [-0.2, 0) is 16.8 Å². The molecule has 1 aliphatic rings. The topological polar surface area (TPSA) is 83.7 Å². The van der Waals surface area contributed by atoms with Gasteiger partial charge in [-0.25, -0.2) is 4.98 Å². The molecule has 212 valence electrons. The molecule has 0 amide bonds. The van der Waals surface area contributed by atoms with E-state index in [2.05, 4.69) is 85.7 Å². The molecule has 1 aliphatic carbocycles. The van der Waals surface area contributed by atoms with Gasteiger partial charge < -0.3 is 14.8 Å². The third kappa shape index (κ3) is 9.16. The number of fused-ring (bicyclic) bond motifs is 1. The maximum atomic E-state index is 10.8. The molecule has 0 radical (unpaired) electrons. The number of nitrogens with zero attached hydrogens (tertiary/aromatic N) is 2. The lowest BCUT2D eigenvalue weighted by Gasteiger charge is -2.22. The van der Waals surface area contributed by atoms with E-state index in [9.17, 15) is 4.79 Å². The third-order valence-corrected chi connectivity index (χ3v) is 7.11. The highest BCUT2D eigenvalue weighted by molar-refractivity contribution is 5.74. The van der Waals surface area contributed by atoms with Gasteiger partial charge in [0.2, 0.25) is 0 Å². The Morgan fingerprint density at radius 3 is 2.10 bits per heavy atom. The van der Waals surface area contributed by atoms with Crippen LogP contribution in [0.1, 0.15) is 92.9 Å². The molecule has 0 bridgehead atoms. The average Bonchev–Trinajstić information content (AvgIpc) is 3.36. The molecule has 6 heteroatoms. The van der Waals surface area contributed by atoms with Gasteiger partial charge >= 0.3 is 0 Å². The molecule has 40 heavy (non-hydrogen) atoms. The zero-order valence-corrected chi connectivity index (χ0v) is 24.5. The second-order valence-corrected chi connectivity index (χ2v) is 11.4. The van der Waals surface area contributed by atoms with Crippen LogP contribution in [0, 0.1) is 0 Å². The number of rotatable bonds is 5. The molecule has 6 nitrogen and oxygen atoms in total. The zero-order valence-electron chi connectivity index (χ0n) is 24.5. The molecule has 0 spiro atoms. The summed E-state index contributed by atoms with van der Waals surface area (Å²) in [7, 11) is 1.97. The number of aldehydes is 1. The van der Waals surface area contributed by atoms with E-state index < -0.39 is 5.97 Å². The van der Waals surface area contributed by atoms with Gasteiger partial charge in [-0.05, 0) is 71.2 Å². The van der Waals surface area contributed by atoms with Crippen molar-refractivity contribution in [2.24, 2.45) is 0 Å². The standard InChI is InChI=1S/C20H20N2O.C12H19N.C2H4O2/c23-14-19-13-22-12-18(10-11-20(22)21-19)17-8-6-16(7-9-17)15-4-2-1-3-5-15;1-12(2,3)11-7-5-10(6-8-11)9-13-4;1-2(3)4/h6-15H,1-5H2;5-8,13H,9H2,1-4H3;1H3,(H,3,4). The average molecular weight is 542 g/mol. The van der Waals surface area contributed by atoms with E-state index in [1.807, 2.05) is 23.7 Å². The molecular weight excluding hydrogens is 498 g/mol. The molecular formula is C34H43N3O3. The first-order valence-electron chi connectivity index (χ1n) is 14.1. The summed E-state index contributed by atoms with van der Waals surface area (Å²) in [4.78, 5) is 24.1. The summed E-state index contributed by atoms with van der Waals surface area (Å²) in [5.41, 5.74) is 8.08. The largest absolute Gasteiger partial charge is 0.481 e. The molecule has 2 N–H and O–H groups in total. The molecule has 0 unspecified atom stereocenters. The van der Waals surface area contributed by atoms with Crippen molar-refractivity contribution in [2.75, 3.05) is 7.05 Å². The van der Waals surface area contributed by atoms with Gasteiger partial charge in [-0.2, -0.15) is 0 Å². The summed E-state index contributed by atoms with van der Waals surface area (Å²) >= 11 is 0. The maximum absolute atomic E-state index is 10.8. The maximum Gasteiger partial charge on any atom is 0.300 e. The number of hydrogen-bond donors (Lipinski definition) is 2. The lowest BCUT2D eigenvalue weighted by molar-refractivity contribution is -0.134. The van der Waals surface area contributed by atoms with Gasteiger partial charge in [0.15, 0.2) is 6.29 Å². The molecule has 0 atom stereocenters. The fourth-order valence-corrected chi connectivity index (χ4v) is 4.95. The number of pyridine rings is 1. The van der Waals surface area contributed by atoms with Crippen LogP contribution in [0.5, 0.6) is 0 Å². The zero-order chi connectivity index (χ0) is 29.1. The van der Waals surface area contributed by atoms with Crippen molar-refractivity contribution in [3.8, 4) is 11.1 Å². The van der Waals surface area contributed by atoms with Crippen LogP contribution >= 0.6 is 0 Å². The van der Waals surface area contributed by atoms with E-state index in [1.54, 1.807) is 6.20 Å². The number of nitrogens with one attached hydrogen (secondary N) is 1. The highest BCUT2D eigenvalue weighted by Crippen LogP contribution is 2.33. The van der Waals surface area contributed by atoms with E-state index in [-0.39, 0.29) is 5.41 Å². The van der Waals surface area contributed by atoms with Crippen LogP contribution in [-0.4, -0.2) is 33.8 Å². The number of aromatic nitrogens is 2. The monoisotopic (exact) mass is 541 g/mol. The first-order chi connectivity index (χ1) is 19.1. The van der Waals surface area contributed by atoms with Crippen molar-refractivity contribution >= 4 is 17.9 Å². The summed E-state index contributed by atoms with van der Waals surface area (Å²) in [5.74, 6) is -0.0934. The minimum Gasteiger partial charge on any atom is -0.481 e. The van der Waals surface area contributed by atoms with Crippen molar-refractivity contribution in [1.29, 1.82) is 0 Å². The van der Waals surface area contributed by atoms with Gasteiger partial charge in [-0.3, -0.25) is 9.59 Å². The van der Waals surface area contributed by atoms with Crippen LogP contribution in [0.25, 0.3) is 16.8 Å². The first-order valence-corrected chi connectivity index (χ1v) is 14.1. The number of carbonyl (C=O) groups is 2. The highest BCUT2D eigenvalue weighted by Gasteiger charge is 2.15.